The summed E-state index contributed by atoms with van der Waals surface area (Å²) in [6, 6.07) is 0. The van der Waals surface area contributed by atoms with E-state index in [9.17, 15) is 4.79 Å². The maximum atomic E-state index is 11.4. The number of aromatic amines is 1. The maximum absolute atomic E-state index is 11.4. The van der Waals surface area contributed by atoms with Crippen LogP contribution in [0.2, 0.25) is 0 Å². The van der Waals surface area contributed by atoms with Crippen LogP contribution in [0.5, 0.6) is 0 Å². The van der Waals surface area contributed by atoms with Crippen molar-refractivity contribution in [3.05, 3.63) is 26.3 Å². The lowest BCUT2D eigenvalue weighted by atomic mass is 10.3. The van der Waals surface area contributed by atoms with Crippen LogP contribution in [0, 0.1) is 12.8 Å². The second-order valence-electron chi connectivity index (χ2n) is 3.82. The van der Waals surface area contributed by atoms with E-state index in [1.807, 2.05) is 6.92 Å². The molecule has 1 N–H and O–H groups in total. The van der Waals surface area contributed by atoms with Crippen LogP contribution < -0.4 is 5.56 Å². The first-order valence-corrected chi connectivity index (χ1v) is 6.78. The van der Waals surface area contributed by atoms with Gasteiger partial charge in [-0.1, -0.05) is 13.8 Å². The first-order chi connectivity index (χ1) is 7.00. The molecule has 0 fully saturated rings. The van der Waals surface area contributed by atoms with E-state index >= 15 is 0 Å². The molecule has 1 aromatic heterocycles. The lowest BCUT2D eigenvalue weighted by Gasteiger charge is -2.05. The Balaban J connectivity index is 2.67. The summed E-state index contributed by atoms with van der Waals surface area (Å²) < 4.78 is 0.528. The second-order valence-corrected chi connectivity index (χ2v) is 5.64. The van der Waals surface area contributed by atoms with Gasteiger partial charge in [-0.15, -0.1) is 0 Å². The van der Waals surface area contributed by atoms with Gasteiger partial charge >= 0.3 is 0 Å². The fourth-order valence-corrected chi connectivity index (χ4v) is 2.20. The van der Waals surface area contributed by atoms with Gasteiger partial charge in [-0.3, -0.25) is 4.79 Å². The molecule has 0 atom stereocenters. The van der Waals surface area contributed by atoms with Crippen molar-refractivity contribution in [2.24, 2.45) is 5.92 Å². The molecule has 0 amide bonds. The third-order valence-electron chi connectivity index (χ3n) is 1.77. The van der Waals surface area contributed by atoms with Crippen LogP contribution in [-0.2, 0) is 5.75 Å². The van der Waals surface area contributed by atoms with E-state index in [0.29, 0.717) is 10.4 Å². The average Bonchev–Trinajstić information content (AvgIpc) is 2.13. The number of aryl methyl sites for hydroxylation is 1. The SMILES string of the molecule is Cc1nc(CSCC(C)C)[nH]c(=O)c1Br. The summed E-state index contributed by atoms with van der Waals surface area (Å²) >= 11 is 4.98. The van der Waals surface area contributed by atoms with Crippen LogP contribution in [0.3, 0.4) is 0 Å². The highest BCUT2D eigenvalue weighted by atomic mass is 79.9. The molecule has 0 unspecified atom stereocenters. The minimum atomic E-state index is -0.0948. The van der Waals surface area contributed by atoms with Crippen molar-refractivity contribution in [3.63, 3.8) is 0 Å². The minimum absolute atomic E-state index is 0.0948. The number of thioether (sulfide) groups is 1. The van der Waals surface area contributed by atoms with Gasteiger partial charge < -0.3 is 4.98 Å². The van der Waals surface area contributed by atoms with E-state index in [-0.39, 0.29) is 5.56 Å². The molecule has 0 aliphatic rings. The van der Waals surface area contributed by atoms with Crippen molar-refractivity contribution in [1.82, 2.24) is 9.97 Å². The standard InChI is InChI=1S/C10H15BrN2OS/c1-6(2)4-15-5-8-12-7(3)9(11)10(14)13-8/h6H,4-5H2,1-3H3,(H,12,13,14). The molecular weight excluding hydrogens is 276 g/mol. The van der Waals surface area contributed by atoms with E-state index in [1.165, 1.54) is 0 Å². The quantitative estimate of drug-likeness (QED) is 0.927. The normalized spacial score (nSPS) is 11.0. The molecule has 0 aliphatic carbocycles. The van der Waals surface area contributed by atoms with Crippen molar-refractivity contribution in [2.45, 2.75) is 26.5 Å². The molecule has 84 valence electrons. The number of rotatable bonds is 4. The second kappa shape index (κ2) is 5.70. The number of hydrogen-bond donors (Lipinski definition) is 1. The summed E-state index contributed by atoms with van der Waals surface area (Å²) in [6.07, 6.45) is 0. The van der Waals surface area contributed by atoms with Gasteiger partial charge in [0.1, 0.15) is 10.3 Å². The number of H-pyrrole nitrogens is 1. The number of nitrogens with zero attached hydrogens (tertiary/aromatic N) is 1. The molecule has 0 spiro atoms. The number of aromatic nitrogens is 2. The van der Waals surface area contributed by atoms with E-state index < -0.39 is 0 Å². The highest BCUT2D eigenvalue weighted by molar-refractivity contribution is 9.10. The summed E-state index contributed by atoms with van der Waals surface area (Å²) in [5.41, 5.74) is 0.654. The van der Waals surface area contributed by atoms with Crippen LogP contribution in [0.15, 0.2) is 9.27 Å². The molecule has 1 heterocycles. The predicted molar refractivity (Wildman–Crippen MR) is 68.3 cm³/mol. The van der Waals surface area contributed by atoms with Gasteiger partial charge in [0.15, 0.2) is 0 Å². The maximum Gasteiger partial charge on any atom is 0.265 e. The third kappa shape index (κ3) is 3.99. The number of halogens is 1. The molecule has 0 bridgehead atoms. The molecule has 0 aliphatic heterocycles. The van der Waals surface area contributed by atoms with Crippen LogP contribution in [0.25, 0.3) is 0 Å². The Morgan fingerprint density at radius 3 is 2.73 bits per heavy atom. The highest BCUT2D eigenvalue weighted by Gasteiger charge is 2.05. The molecule has 0 radical (unpaired) electrons. The average molecular weight is 291 g/mol. The highest BCUT2D eigenvalue weighted by Crippen LogP contribution is 2.13. The third-order valence-corrected chi connectivity index (χ3v) is 4.08. The van der Waals surface area contributed by atoms with Gasteiger partial charge in [0.25, 0.3) is 5.56 Å². The van der Waals surface area contributed by atoms with Gasteiger partial charge in [0, 0.05) is 0 Å². The van der Waals surface area contributed by atoms with Crippen LogP contribution in [0.4, 0.5) is 0 Å². The molecule has 0 saturated carbocycles. The number of hydrogen-bond acceptors (Lipinski definition) is 3. The Morgan fingerprint density at radius 2 is 2.20 bits per heavy atom. The van der Waals surface area contributed by atoms with E-state index in [2.05, 4.69) is 39.7 Å². The Bertz CT molecular complexity index is 389. The van der Waals surface area contributed by atoms with Gasteiger partial charge in [-0.05, 0) is 34.5 Å². The van der Waals surface area contributed by atoms with E-state index in [0.717, 1.165) is 23.0 Å². The zero-order chi connectivity index (χ0) is 11.4. The topological polar surface area (TPSA) is 45.8 Å². The molecule has 3 nitrogen and oxygen atoms in total. The zero-order valence-corrected chi connectivity index (χ0v) is 11.5. The Labute approximate surface area is 102 Å². The Morgan fingerprint density at radius 1 is 1.53 bits per heavy atom. The molecular formula is C10H15BrN2OS. The molecule has 0 aromatic carbocycles. The zero-order valence-electron chi connectivity index (χ0n) is 9.13. The molecule has 0 saturated heterocycles. The fourth-order valence-electron chi connectivity index (χ4n) is 1.09. The Kier molecular flexibility index (Phi) is 4.86. The number of nitrogens with one attached hydrogen (secondary N) is 1. The summed E-state index contributed by atoms with van der Waals surface area (Å²) in [4.78, 5) is 18.5. The fraction of sp³-hybridized carbons (Fsp3) is 0.600. The van der Waals surface area contributed by atoms with Crippen molar-refractivity contribution >= 4 is 27.7 Å². The van der Waals surface area contributed by atoms with E-state index in [1.54, 1.807) is 11.8 Å². The van der Waals surface area contributed by atoms with Gasteiger partial charge in [0.05, 0.1) is 11.4 Å². The molecule has 1 aromatic rings. The lowest BCUT2D eigenvalue weighted by molar-refractivity contribution is 0.749. The van der Waals surface area contributed by atoms with Crippen molar-refractivity contribution in [3.8, 4) is 0 Å². The monoisotopic (exact) mass is 290 g/mol. The Hall–Kier alpha value is -0.290. The van der Waals surface area contributed by atoms with Crippen LogP contribution in [0.1, 0.15) is 25.4 Å². The smallest absolute Gasteiger partial charge is 0.265 e. The summed E-state index contributed by atoms with van der Waals surface area (Å²) in [5, 5.41) is 0. The largest absolute Gasteiger partial charge is 0.309 e. The van der Waals surface area contributed by atoms with Crippen molar-refractivity contribution in [2.75, 3.05) is 5.75 Å². The molecule has 15 heavy (non-hydrogen) atoms. The predicted octanol–water partition coefficient (Wildman–Crippen LogP) is 2.73. The van der Waals surface area contributed by atoms with E-state index in [4.69, 9.17) is 0 Å². The minimum Gasteiger partial charge on any atom is -0.309 e. The first-order valence-electron chi connectivity index (χ1n) is 4.83. The summed E-state index contributed by atoms with van der Waals surface area (Å²) in [6.45, 7) is 6.18. The molecule has 5 heteroatoms. The lowest BCUT2D eigenvalue weighted by Crippen LogP contribution is -2.13. The van der Waals surface area contributed by atoms with Crippen molar-refractivity contribution < 1.29 is 0 Å². The van der Waals surface area contributed by atoms with Gasteiger partial charge in [-0.2, -0.15) is 11.8 Å². The van der Waals surface area contributed by atoms with Crippen LogP contribution in [-0.4, -0.2) is 15.7 Å². The van der Waals surface area contributed by atoms with Crippen molar-refractivity contribution in [1.29, 1.82) is 0 Å². The van der Waals surface area contributed by atoms with Gasteiger partial charge in [0.2, 0.25) is 0 Å². The molecule has 1 rings (SSSR count). The summed E-state index contributed by atoms with van der Waals surface area (Å²) in [5.74, 6) is 3.27. The summed E-state index contributed by atoms with van der Waals surface area (Å²) in [7, 11) is 0. The first kappa shape index (κ1) is 12.8. The van der Waals surface area contributed by atoms with Crippen LogP contribution >= 0.6 is 27.7 Å². The van der Waals surface area contributed by atoms with Gasteiger partial charge in [-0.25, -0.2) is 4.98 Å².